The van der Waals surface area contributed by atoms with Crippen LogP contribution in [0.15, 0.2) is 18.2 Å². The fraction of sp³-hybridized carbons (Fsp3) is 0.500. The maximum absolute atomic E-state index is 11.8. The highest BCUT2D eigenvalue weighted by atomic mass is 16.5. The van der Waals surface area contributed by atoms with Gasteiger partial charge in [-0.15, -0.1) is 0 Å². The van der Waals surface area contributed by atoms with Crippen molar-refractivity contribution in [3.05, 3.63) is 29.3 Å². The van der Waals surface area contributed by atoms with Crippen molar-refractivity contribution in [3.8, 4) is 5.75 Å². The van der Waals surface area contributed by atoms with Gasteiger partial charge in [0.2, 0.25) is 0 Å². The molecule has 5 heteroatoms. The summed E-state index contributed by atoms with van der Waals surface area (Å²) in [5.41, 5.74) is 1.99. The molecule has 0 aromatic heterocycles. The fourth-order valence-electron chi connectivity index (χ4n) is 2.15. The molecule has 1 aliphatic rings. The highest BCUT2D eigenvalue weighted by molar-refractivity contribution is 5.84. The molecule has 1 fully saturated rings. The minimum atomic E-state index is -0.984. The number of hydrogen-bond donors (Lipinski definition) is 2. The normalized spacial score (nSPS) is 15.3. The minimum Gasteiger partial charge on any atom is -0.483 e. The first kappa shape index (κ1) is 15.4. The van der Waals surface area contributed by atoms with Gasteiger partial charge in [-0.05, 0) is 43.4 Å². The quantitative estimate of drug-likeness (QED) is 0.806. The van der Waals surface area contributed by atoms with E-state index in [1.807, 2.05) is 32.0 Å². The number of rotatable bonds is 7. The Morgan fingerprint density at radius 2 is 2.10 bits per heavy atom. The second kappa shape index (κ2) is 6.61. The molecule has 0 radical (unpaired) electrons. The summed E-state index contributed by atoms with van der Waals surface area (Å²) in [5, 5.41) is 11.6. The van der Waals surface area contributed by atoms with E-state index in [1.165, 1.54) is 0 Å². The lowest BCUT2D eigenvalue weighted by Gasteiger charge is -2.15. The van der Waals surface area contributed by atoms with Gasteiger partial charge < -0.3 is 15.2 Å². The third-order valence-electron chi connectivity index (χ3n) is 3.60. The summed E-state index contributed by atoms with van der Waals surface area (Å²) in [6, 6.07) is 4.95. The van der Waals surface area contributed by atoms with Gasteiger partial charge in [-0.1, -0.05) is 25.0 Å². The van der Waals surface area contributed by atoms with Gasteiger partial charge in [0.15, 0.2) is 6.61 Å². The van der Waals surface area contributed by atoms with E-state index >= 15 is 0 Å². The van der Waals surface area contributed by atoms with Gasteiger partial charge >= 0.3 is 5.97 Å². The fourth-order valence-corrected chi connectivity index (χ4v) is 2.15. The van der Waals surface area contributed by atoms with Gasteiger partial charge in [-0.2, -0.15) is 0 Å². The molecule has 1 aromatic rings. The number of amides is 1. The van der Waals surface area contributed by atoms with Gasteiger partial charge in [0.05, 0.1) is 0 Å². The van der Waals surface area contributed by atoms with Crippen LogP contribution >= 0.6 is 0 Å². The number of aryl methyl sites for hydroxylation is 2. The van der Waals surface area contributed by atoms with Crippen LogP contribution in [0.3, 0.4) is 0 Å². The molecule has 21 heavy (non-hydrogen) atoms. The molecule has 2 N–H and O–H groups in total. The number of carbonyl (C=O) groups is 2. The van der Waals surface area contributed by atoms with Gasteiger partial charge in [-0.3, -0.25) is 4.79 Å². The van der Waals surface area contributed by atoms with Crippen molar-refractivity contribution in [1.29, 1.82) is 0 Å². The van der Waals surface area contributed by atoms with Crippen LogP contribution in [0.2, 0.25) is 0 Å². The molecule has 0 bridgehead atoms. The summed E-state index contributed by atoms with van der Waals surface area (Å²) in [6.45, 7) is 3.68. The molecule has 1 atom stereocenters. The van der Waals surface area contributed by atoms with Gasteiger partial charge in [-0.25, -0.2) is 4.79 Å². The van der Waals surface area contributed by atoms with Crippen molar-refractivity contribution in [2.45, 2.75) is 39.2 Å². The SMILES string of the molecule is Cc1ccc(C)c(OCC(=O)NC(CC2CC2)C(=O)O)c1. The number of carboxylic acids is 1. The molecular weight excluding hydrogens is 270 g/mol. The van der Waals surface area contributed by atoms with Crippen LogP contribution < -0.4 is 10.1 Å². The Bertz CT molecular complexity index is 537. The Morgan fingerprint density at radius 1 is 1.38 bits per heavy atom. The summed E-state index contributed by atoms with van der Waals surface area (Å²) < 4.78 is 5.48. The molecule has 1 saturated carbocycles. The molecule has 0 heterocycles. The average molecular weight is 291 g/mol. The molecule has 114 valence electrons. The maximum Gasteiger partial charge on any atom is 0.326 e. The monoisotopic (exact) mass is 291 g/mol. The second-order valence-corrected chi connectivity index (χ2v) is 5.70. The zero-order chi connectivity index (χ0) is 15.4. The smallest absolute Gasteiger partial charge is 0.326 e. The molecule has 2 rings (SSSR count). The number of carboxylic acid groups (broad SMARTS) is 1. The molecule has 5 nitrogen and oxygen atoms in total. The van der Waals surface area contributed by atoms with E-state index in [9.17, 15) is 9.59 Å². The summed E-state index contributed by atoms with van der Waals surface area (Å²) >= 11 is 0. The summed E-state index contributed by atoms with van der Waals surface area (Å²) in [6.07, 6.45) is 2.61. The first-order chi connectivity index (χ1) is 9.95. The number of benzene rings is 1. The highest BCUT2D eigenvalue weighted by Gasteiger charge is 2.30. The topological polar surface area (TPSA) is 75.6 Å². The lowest BCUT2D eigenvalue weighted by Crippen LogP contribution is -2.43. The van der Waals surface area contributed by atoms with Crippen molar-refractivity contribution in [2.75, 3.05) is 6.61 Å². The number of ether oxygens (including phenoxy) is 1. The number of nitrogens with one attached hydrogen (secondary N) is 1. The third-order valence-corrected chi connectivity index (χ3v) is 3.60. The standard InChI is InChI=1S/C16H21NO4/c1-10-3-4-11(2)14(7-10)21-9-15(18)17-13(16(19)20)8-12-5-6-12/h3-4,7,12-13H,5-6,8-9H2,1-2H3,(H,17,18)(H,19,20). The number of hydrogen-bond acceptors (Lipinski definition) is 3. The predicted molar refractivity (Wildman–Crippen MR) is 78.3 cm³/mol. The molecule has 1 aliphatic carbocycles. The van der Waals surface area contributed by atoms with Gasteiger partial charge in [0.1, 0.15) is 11.8 Å². The lowest BCUT2D eigenvalue weighted by molar-refractivity contribution is -0.142. The Hall–Kier alpha value is -2.04. The lowest BCUT2D eigenvalue weighted by atomic mass is 10.1. The third kappa shape index (κ3) is 4.77. The van der Waals surface area contributed by atoms with Crippen LogP contribution in [0.1, 0.15) is 30.4 Å². The van der Waals surface area contributed by atoms with E-state index in [1.54, 1.807) is 0 Å². The highest BCUT2D eigenvalue weighted by Crippen LogP contribution is 2.33. The van der Waals surface area contributed by atoms with Crippen LogP contribution in [0.25, 0.3) is 0 Å². The Morgan fingerprint density at radius 3 is 2.71 bits per heavy atom. The van der Waals surface area contributed by atoms with Crippen molar-refractivity contribution in [2.24, 2.45) is 5.92 Å². The van der Waals surface area contributed by atoms with Gasteiger partial charge in [0.25, 0.3) is 5.91 Å². The summed E-state index contributed by atoms with van der Waals surface area (Å²) in [7, 11) is 0. The van der Waals surface area contributed by atoms with Gasteiger partial charge in [0, 0.05) is 0 Å². The van der Waals surface area contributed by atoms with Crippen molar-refractivity contribution in [1.82, 2.24) is 5.32 Å². The molecule has 1 unspecified atom stereocenters. The van der Waals surface area contributed by atoms with E-state index in [0.717, 1.165) is 24.0 Å². The average Bonchev–Trinajstić information content (AvgIpc) is 3.23. The first-order valence-corrected chi connectivity index (χ1v) is 7.18. The Balaban J connectivity index is 1.85. The predicted octanol–water partition coefficient (Wildman–Crippen LogP) is 2.05. The van der Waals surface area contributed by atoms with E-state index < -0.39 is 17.9 Å². The van der Waals surface area contributed by atoms with Crippen molar-refractivity contribution in [3.63, 3.8) is 0 Å². The van der Waals surface area contributed by atoms with Crippen LogP contribution in [0.5, 0.6) is 5.75 Å². The zero-order valence-corrected chi connectivity index (χ0v) is 12.4. The summed E-state index contributed by atoms with van der Waals surface area (Å²) in [5.74, 6) is -0.295. The Labute approximate surface area is 124 Å². The molecule has 0 spiro atoms. The van der Waals surface area contributed by atoms with Crippen molar-refractivity contribution >= 4 is 11.9 Å². The van der Waals surface area contributed by atoms with Crippen LogP contribution in [-0.4, -0.2) is 29.6 Å². The van der Waals surface area contributed by atoms with Crippen LogP contribution in [0.4, 0.5) is 0 Å². The van der Waals surface area contributed by atoms with E-state index in [0.29, 0.717) is 18.1 Å². The van der Waals surface area contributed by atoms with Crippen molar-refractivity contribution < 1.29 is 19.4 Å². The molecule has 1 amide bonds. The first-order valence-electron chi connectivity index (χ1n) is 7.18. The molecular formula is C16H21NO4. The van der Waals surface area contributed by atoms with E-state index in [4.69, 9.17) is 9.84 Å². The molecule has 0 aliphatic heterocycles. The summed E-state index contributed by atoms with van der Waals surface area (Å²) in [4.78, 5) is 22.9. The maximum atomic E-state index is 11.8. The second-order valence-electron chi connectivity index (χ2n) is 5.70. The minimum absolute atomic E-state index is 0.168. The number of aliphatic carboxylic acids is 1. The zero-order valence-electron chi connectivity index (χ0n) is 12.4. The van der Waals surface area contributed by atoms with Crippen LogP contribution in [-0.2, 0) is 9.59 Å². The molecule has 1 aromatic carbocycles. The molecule has 0 saturated heterocycles. The largest absolute Gasteiger partial charge is 0.483 e. The Kier molecular flexibility index (Phi) is 4.83. The number of carbonyl (C=O) groups excluding carboxylic acids is 1. The van der Waals surface area contributed by atoms with E-state index in [2.05, 4.69) is 5.32 Å². The van der Waals surface area contributed by atoms with E-state index in [-0.39, 0.29) is 6.61 Å². The van der Waals surface area contributed by atoms with Crippen LogP contribution in [0, 0.1) is 19.8 Å².